The number of hydrogen-bond donors (Lipinski definition) is 1. The lowest BCUT2D eigenvalue weighted by Crippen LogP contribution is -1.86. The molecule has 0 atom stereocenters. The molecule has 11 heavy (non-hydrogen) atoms. The molecular formula is C8H8FNO. The standard InChI is InChI=1S/C8H8FNO/c1-6-2-3-7(5-10-11)4-8(6)9/h2-5,11H,1H3. The van der Waals surface area contributed by atoms with Gasteiger partial charge in [0.05, 0.1) is 6.21 Å². The van der Waals surface area contributed by atoms with E-state index >= 15 is 0 Å². The summed E-state index contributed by atoms with van der Waals surface area (Å²) in [5.74, 6) is -0.289. The van der Waals surface area contributed by atoms with E-state index in [4.69, 9.17) is 5.21 Å². The summed E-state index contributed by atoms with van der Waals surface area (Å²) in [7, 11) is 0. The highest BCUT2D eigenvalue weighted by atomic mass is 19.1. The fraction of sp³-hybridized carbons (Fsp3) is 0.125. The Labute approximate surface area is 64.0 Å². The molecule has 1 aromatic rings. The molecule has 58 valence electrons. The van der Waals surface area contributed by atoms with Crippen molar-refractivity contribution in [2.75, 3.05) is 0 Å². The van der Waals surface area contributed by atoms with E-state index in [1.165, 1.54) is 12.3 Å². The molecule has 1 aromatic carbocycles. The Morgan fingerprint density at radius 3 is 2.82 bits per heavy atom. The number of halogens is 1. The molecule has 0 amide bonds. The van der Waals surface area contributed by atoms with Gasteiger partial charge < -0.3 is 5.21 Å². The zero-order valence-electron chi connectivity index (χ0n) is 6.08. The summed E-state index contributed by atoms with van der Waals surface area (Å²) in [5.41, 5.74) is 1.13. The van der Waals surface area contributed by atoms with Gasteiger partial charge in [0.25, 0.3) is 0 Å². The fourth-order valence-corrected chi connectivity index (χ4v) is 0.756. The van der Waals surface area contributed by atoms with Gasteiger partial charge in [0.1, 0.15) is 5.82 Å². The SMILES string of the molecule is Cc1ccc(C=NO)cc1F. The lowest BCUT2D eigenvalue weighted by molar-refractivity contribution is 0.322. The van der Waals surface area contributed by atoms with E-state index in [0.29, 0.717) is 11.1 Å². The van der Waals surface area contributed by atoms with Gasteiger partial charge in [-0.25, -0.2) is 4.39 Å². The van der Waals surface area contributed by atoms with Crippen molar-refractivity contribution >= 4 is 6.21 Å². The quantitative estimate of drug-likeness (QED) is 0.373. The highest BCUT2D eigenvalue weighted by Crippen LogP contribution is 2.06. The Morgan fingerprint density at radius 1 is 1.55 bits per heavy atom. The number of rotatable bonds is 1. The second-order valence-electron chi connectivity index (χ2n) is 2.25. The molecule has 3 heteroatoms. The fourth-order valence-electron chi connectivity index (χ4n) is 0.756. The first kappa shape index (κ1) is 7.72. The Hall–Kier alpha value is -1.38. The van der Waals surface area contributed by atoms with Crippen molar-refractivity contribution in [3.8, 4) is 0 Å². The van der Waals surface area contributed by atoms with Gasteiger partial charge in [0.2, 0.25) is 0 Å². The number of aryl methyl sites for hydroxylation is 1. The maximum atomic E-state index is 12.8. The topological polar surface area (TPSA) is 32.6 Å². The highest BCUT2D eigenvalue weighted by Gasteiger charge is 1.96. The third kappa shape index (κ3) is 1.77. The van der Waals surface area contributed by atoms with Crippen LogP contribution in [0.25, 0.3) is 0 Å². The van der Waals surface area contributed by atoms with E-state index in [1.54, 1.807) is 19.1 Å². The van der Waals surface area contributed by atoms with Crippen molar-refractivity contribution < 1.29 is 9.60 Å². The van der Waals surface area contributed by atoms with E-state index in [-0.39, 0.29) is 5.82 Å². The van der Waals surface area contributed by atoms with Gasteiger partial charge in [0.15, 0.2) is 0 Å². The van der Waals surface area contributed by atoms with Crippen molar-refractivity contribution in [2.24, 2.45) is 5.16 Å². The summed E-state index contributed by atoms with van der Waals surface area (Å²) in [6.07, 6.45) is 1.18. The average molecular weight is 153 g/mol. The first-order chi connectivity index (χ1) is 5.24. The summed E-state index contributed by atoms with van der Waals surface area (Å²) in [5, 5.41) is 10.9. The van der Waals surface area contributed by atoms with Crippen LogP contribution in [0.2, 0.25) is 0 Å². The second-order valence-corrected chi connectivity index (χ2v) is 2.25. The van der Waals surface area contributed by atoms with Crippen LogP contribution in [0.3, 0.4) is 0 Å². The molecule has 0 spiro atoms. The molecule has 0 aromatic heterocycles. The van der Waals surface area contributed by atoms with Crippen LogP contribution < -0.4 is 0 Å². The minimum absolute atomic E-state index is 0.289. The zero-order valence-corrected chi connectivity index (χ0v) is 6.08. The van der Waals surface area contributed by atoms with Gasteiger partial charge in [-0.3, -0.25) is 0 Å². The minimum Gasteiger partial charge on any atom is -0.411 e. The van der Waals surface area contributed by atoms with Crippen LogP contribution in [-0.2, 0) is 0 Å². The monoisotopic (exact) mass is 153 g/mol. The Bertz CT molecular complexity index is 283. The highest BCUT2D eigenvalue weighted by molar-refractivity contribution is 5.79. The minimum atomic E-state index is -0.289. The molecule has 0 aliphatic heterocycles. The maximum absolute atomic E-state index is 12.8. The predicted molar refractivity (Wildman–Crippen MR) is 40.5 cm³/mol. The molecule has 0 aliphatic carbocycles. The molecule has 0 radical (unpaired) electrons. The van der Waals surface area contributed by atoms with Gasteiger partial charge in [-0.05, 0) is 24.1 Å². The summed E-state index contributed by atoms with van der Waals surface area (Å²) in [6.45, 7) is 1.68. The maximum Gasteiger partial charge on any atom is 0.126 e. The summed E-state index contributed by atoms with van der Waals surface area (Å²) in [6, 6.07) is 4.62. The van der Waals surface area contributed by atoms with E-state index < -0.39 is 0 Å². The predicted octanol–water partition coefficient (Wildman–Crippen LogP) is 1.94. The molecule has 0 bridgehead atoms. The van der Waals surface area contributed by atoms with Crippen LogP contribution in [0.5, 0.6) is 0 Å². The van der Waals surface area contributed by atoms with Crippen molar-refractivity contribution in [2.45, 2.75) is 6.92 Å². The first-order valence-corrected chi connectivity index (χ1v) is 3.17. The van der Waals surface area contributed by atoms with E-state index in [1.807, 2.05) is 0 Å². The number of oxime groups is 1. The zero-order chi connectivity index (χ0) is 8.27. The molecule has 0 aliphatic rings. The molecule has 2 nitrogen and oxygen atoms in total. The first-order valence-electron chi connectivity index (χ1n) is 3.17. The summed E-state index contributed by atoms with van der Waals surface area (Å²) < 4.78 is 12.8. The van der Waals surface area contributed by atoms with Crippen LogP contribution in [0.4, 0.5) is 4.39 Å². The van der Waals surface area contributed by atoms with Gasteiger partial charge in [-0.1, -0.05) is 17.3 Å². The number of hydrogen-bond acceptors (Lipinski definition) is 2. The van der Waals surface area contributed by atoms with E-state index in [0.717, 1.165) is 0 Å². The normalized spacial score (nSPS) is 10.7. The van der Waals surface area contributed by atoms with E-state index in [9.17, 15) is 4.39 Å². The van der Waals surface area contributed by atoms with Crippen LogP contribution >= 0.6 is 0 Å². The van der Waals surface area contributed by atoms with Crippen molar-refractivity contribution in [1.82, 2.24) is 0 Å². The van der Waals surface area contributed by atoms with E-state index in [2.05, 4.69) is 5.16 Å². The van der Waals surface area contributed by atoms with Crippen LogP contribution in [-0.4, -0.2) is 11.4 Å². The Kier molecular flexibility index (Phi) is 2.21. The van der Waals surface area contributed by atoms with Crippen LogP contribution in [0.1, 0.15) is 11.1 Å². The third-order valence-electron chi connectivity index (χ3n) is 1.40. The Balaban J connectivity index is 3.05. The van der Waals surface area contributed by atoms with Crippen molar-refractivity contribution in [3.05, 3.63) is 35.1 Å². The lowest BCUT2D eigenvalue weighted by atomic mass is 10.1. The van der Waals surface area contributed by atoms with Crippen LogP contribution in [0.15, 0.2) is 23.4 Å². The molecule has 0 fully saturated rings. The average Bonchev–Trinajstić information content (AvgIpc) is 1.98. The second kappa shape index (κ2) is 3.14. The van der Waals surface area contributed by atoms with Crippen molar-refractivity contribution in [1.29, 1.82) is 0 Å². The molecule has 1 N–H and O–H groups in total. The molecule has 0 saturated carbocycles. The van der Waals surface area contributed by atoms with Gasteiger partial charge in [0, 0.05) is 0 Å². The smallest absolute Gasteiger partial charge is 0.126 e. The largest absolute Gasteiger partial charge is 0.411 e. The van der Waals surface area contributed by atoms with Crippen molar-refractivity contribution in [3.63, 3.8) is 0 Å². The molecule has 0 saturated heterocycles. The van der Waals surface area contributed by atoms with Gasteiger partial charge >= 0.3 is 0 Å². The molecule has 0 unspecified atom stereocenters. The number of nitrogens with zero attached hydrogens (tertiary/aromatic N) is 1. The molecule has 1 rings (SSSR count). The molecule has 0 heterocycles. The summed E-state index contributed by atoms with van der Waals surface area (Å²) >= 11 is 0. The number of benzene rings is 1. The summed E-state index contributed by atoms with van der Waals surface area (Å²) in [4.78, 5) is 0. The lowest BCUT2D eigenvalue weighted by Gasteiger charge is -1.95. The van der Waals surface area contributed by atoms with Gasteiger partial charge in [-0.2, -0.15) is 0 Å². The molecular weight excluding hydrogens is 145 g/mol. The Morgan fingerprint density at radius 2 is 2.27 bits per heavy atom. The van der Waals surface area contributed by atoms with Crippen LogP contribution in [0, 0.1) is 12.7 Å². The van der Waals surface area contributed by atoms with Gasteiger partial charge in [-0.15, -0.1) is 0 Å². The third-order valence-corrected chi connectivity index (χ3v) is 1.40.